The van der Waals surface area contributed by atoms with Crippen LogP contribution in [0.25, 0.3) is 0 Å². The predicted octanol–water partition coefficient (Wildman–Crippen LogP) is 2.03. The van der Waals surface area contributed by atoms with Gasteiger partial charge in [-0.1, -0.05) is 12.1 Å². The second kappa shape index (κ2) is 5.31. The number of aliphatic hydroxyl groups is 1. The summed E-state index contributed by atoms with van der Waals surface area (Å²) in [5, 5.41) is 9.86. The van der Waals surface area contributed by atoms with Gasteiger partial charge in [0.1, 0.15) is 11.4 Å². The SMILES string of the molecule is O=C1CC2(CCC3C(C(=O)N4CCCC(O)C4)C32)Oc2ccccc21. The van der Waals surface area contributed by atoms with E-state index in [1.807, 2.05) is 29.2 Å². The Morgan fingerprint density at radius 1 is 1.28 bits per heavy atom. The Kier molecular flexibility index (Phi) is 3.26. The fourth-order valence-electron chi connectivity index (χ4n) is 5.46. The number of aliphatic hydroxyl groups excluding tert-OH is 1. The summed E-state index contributed by atoms with van der Waals surface area (Å²) < 4.78 is 6.35. The van der Waals surface area contributed by atoms with Crippen LogP contribution in [0.3, 0.4) is 0 Å². The summed E-state index contributed by atoms with van der Waals surface area (Å²) in [6.45, 7) is 1.19. The van der Waals surface area contributed by atoms with Gasteiger partial charge in [0.05, 0.1) is 18.1 Å². The van der Waals surface area contributed by atoms with Crippen molar-refractivity contribution >= 4 is 11.7 Å². The van der Waals surface area contributed by atoms with Gasteiger partial charge in [0.15, 0.2) is 5.78 Å². The number of likely N-dealkylation sites (tertiary alicyclic amines) is 1. The molecule has 0 radical (unpaired) electrons. The minimum Gasteiger partial charge on any atom is -0.486 e. The maximum Gasteiger partial charge on any atom is 0.226 e. The lowest BCUT2D eigenvalue weighted by atomic mass is 9.84. The summed E-state index contributed by atoms with van der Waals surface area (Å²) in [6.07, 6.45) is 3.44. The number of amides is 1. The third-order valence-corrected chi connectivity index (χ3v) is 6.63. The van der Waals surface area contributed by atoms with Crippen molar-refractivity contribution in [3.05, 3.63) is 29.8 Å². The number of carbonyl (C=O) groups is 2. The molecule has 1 spiro atoms. The molecular formula is C20H23NO4. The summed E-state index contributed by atoms with van der Waals surface area (Å²) in [6, 6.07) is 7.44. The number of piperidine rings is 1. The molecule has 1 saturated heterocycles. The third kappa shape index (κ3) is 2.25. The fourth-order valence-corrected chi connectivity index (χ4v) is 5.46. The number of hydrogen-bond acceptors (Lipinski definition) is 4. The second-order valence-electron chi connectivity index (χ2n) is 8.10. The summed E-state index contributed by atoms with van der Waals surface area (Å²) in [7, 11) is 0. The summed E-state index contributed by atoms with van der Waals surface area (Å²) in [4.78, 5) is 27.4. The maximum absolute atomic E-state index is 12.9. The Bertz CT molecular complexity index is 747. The van der Waals surface area contributed by atoms with Crippen molar-refractivity contribution in [2.24, 2.45) is 17.8 Å². The van der Waals surface area contributed by atoms with Crippen molar-refractivity contribution in [1.82, 2.24) is 4.90 Å². The number of carbonyl (C=O) groups excluding carboxylic acids is 2. The van der Waals surface area contributed by atoms with Crippen LogP contribution < -0.4 is 4.74 Å². The van der Waals surface area contributed by atoms with Gasteiger partial charge in [-0.25, -0.2) is 0 Å². The molecule has 2 aliphatic carbocycles. The average molecular weight is 341 g/mol. The van der Waals surface area contributed by atoms with Crippen molar-refractivity contribution in [1.29, 1.82) is 0 Å². The van der Waals surface area contributed by atoms with E-state index in [1.165, 1.54) is 0 Å². The number of β-amino-alcohol motifs (C(OH)–C–C–N with tert-alkyl or cyclic N) is 1. The van der Waals surface area contributed by atoms with Crippen LogP contribution in [0.4, 0.5) is 0 Å². The molecule has 1 N–H and O–H groups in total. The molecule has 1 amide bonds. The Morgan fingerprint density at radius 2 is 2.12 bits per heavy atom. The van der Waals surface area contributed by atoms with Crippen molar-refractivity contribution in [2.75, 3.05) is 13.1 Å². The zero-order chi connectivity index (χ0) is 17.2. The number of para-hydroxylation sites is 1. The van der Waals surface area contributed by atoms with Gasteiger partial charge >= 0.3 is 0 Å². The Morgan fingerprint density at radius 3 is 2.96 bits per heavy atom. The van der Waals surface area contributed by atoms with Gasteiger partial charge in [-0.05, 0) is 43.7 Å². The van der Waals surface area contributed by atoms with Crippen molar-refractivity contribution in [3.63, 3.8) is 0 Å². The van der Waals surface area contributed by atoms with Gasteiger partial charge in [0.2, 0.25) is 5.91 Å². The summed E-state index contributed by atoms with van der Waals surface area (Å²) in [5.74, 6) is 1.42. The van der Waals surface area contributed by atoms with E-state index in [-0.39, 0.29) is 23.5 Å². The van der Waals surface area contributed by atoms with E-state index in [1.54, 1.807) is 0 Å². The quantitative estimate of drug-likeness (QED) is 0.849. The average Bonchev–Trinajstić information content (AvgIpc) is 3.25. The maximum atomic E-state index is 12.9. The molecule has 1 aromatic rings. The van der Waals surface area contributed by atoms with Crippen LogP contribution in [0.2, 0.25) is 0 Å². The molecule has 5 heteroatoms. The van der Waals surface area contributed by atoms with E-state index in [0.29, 0.717) is 30.2 Å². The van der Waals surface area contributed by atoms with E-state index in [4.69, 9.17) is 4.74 Å². The molecule has 132 valence electrons. The first-order valence-electron chi connectivity index (χ1n) is 9.37. The molecule has 25 heavy (non-hydrogen) atoms. The minimum absolute atomic E-state index is 0.0305. The molecule has 5 unspecified atom stereocenters. The van der Waals surface area contributed by atoms with E-state index < -0.39 is 11.7 Å². The van der Waals surface area contributed by atoms with Crippen LogP contribution in [0.1, 0.15) is 42.5 Å². The monoisotopic (exact) mass is 341 g/mol. The number of hydrogen-bond donors (Lipinski definition) is 1. The highest BCUT2D eigenvalue weighted by atomic mass is 16.5. The molecular weight excluding hydrogens is 318 g/mol. The van der Waals surface area contributed by atoms with Crippen LogP contribution in [-0.4, -0.2) is 46.5 Å². The van der Waals surface area contributed by atoms with Crippen molar-refractivity contribution < 1.29 is 19.4 Å². The zero-order valence-corrected chi connectivity index (χ0v) is 14.2. The molecule has 5 nitrogen and oxygen atoms in total. The van der Waals surface area contributed by atoms with Gasteiger partial charge in [-0.2, -0.15) is 0 Å². The van der Waals surface area contributed by atoms with Gasteiger partial charge in [0.25, 0.3) is 0 Å². The lowest BCUT2D eigenvalue weighted by Crippen LogP contribution is -2.47. The highest BCUT2D eigenvalue weighted by molar-refractivity contribution is 6.00. The minimum atomic E-state index is -0.495. The number of benzene rings is 1. The van der Waals surface area contributed by atoms with E-state index in [0.717, 1.165) is 32.2 Å². The molecule has 2 aliphatic heterocycles. The summed E-state index contributed by atoms with van der Waals surface area (Å²) in [5.41, 5.74) is 0.171. The van der Waals surface area contributed by atoms with Crippen LogP contribution in [-0.2, 0) is 4.79 Å². The van der Waals surface area contributed by atoms with Crippen molar-refractivity contribution in [2.45, 2.75) is 43.8 Å². The fraction of sp³-hybridized carbons (Fsp3) is 0.600. The molecule has 0 bridgehead atoms. The lowest BCUT2D eigenvalue weighted by molar-refractivity contribution is -0.137. The molecule has 2 heterocycles. The molecule has 1 aromatic carbocycles. The Hall–Kier alpha value is -1.88. The van der Waals surface area contributed by atoms with Gasteiger partial charge in [0, 0.05) is 24.9 Å². The Labute approximate surface area is 147 Å². The van der Waals surface area contributed by atoms with Crippen LogP contribution in [0.15, 0.2) is 24.3 Å². The predicted molar refractivity (Wildman–Crippen MR) is 90.3 cm³/mol. The molecule has 2 saturated carbocycles. The van der Waals surface area contributed by atoms with Gasteiger partial charge < -0.3 is 14.7 Å². The summed E-state index contributed by atoms with van der Waals surface area (Å²) >= 11 is 0. The highest BCUT2D eigenvalue weighted by Crippen LogP contribution is 2.66. The highest BCUT2D eigenvalue weighted by Gasteiger charge is 2.71. The van der Waals surface area contributed by atoms with Gasteiger partial charge in [-0.15, -0.1) is 0 Å². The van der Waals surface area contributed by atoms with Crippen LogP contribution >= 0.6 is 0 Å². The molecule has 4 aliphatic rings. The largest absolute Gasteiger partial charge is 0.486 e. The topological polar surface area (TPSA) is 66.8 Å². The molecule has 3 fully saturated rings. The number of ether oxygens (including phenoxy) is 1. The van der Waals surface area contributed by atoms with E-state index in [9.17, 15) is 14.7 Å². The number of Topliss-reactive ketones (excluding diaryl/α,β-unsaturated/α-hetero) is 1. The number of nitrogens with zero attached hydrogens (tertiary/aromatic N) is 1. The lowest BCUT2D eigenvalue weighted by Gasteiger charge is -2.38. The number of rotatable bonds is 1. The normalized spacial score (nSPS) is 38.9. The van der Waals surface area contributed by atoms with E-state index in [2.05, 4.69) is 0 Å². The van der Waals surface area contributed by atoms with E-state index >= 15 is 0 Å². The van der Waals surface area contributed by atoms with Crippen molar-refractivity contribution in [3.8, 4) is 5.75 Å². The molecule has 5 rings (SSSR count). The smallest absolute Gasteiger partial charge is 0.226 e. The first kappa shape index (κ1) is 15.4. The standard InChI is InChI=1S/C20H23NO4/c22-12-4-3-9-21(11-12)19(24)17-14-7-8-20(18(14)17)10-15(23)13-5-1-2-6-16(13)25-20/h1-2,5-6,12,14,17-18,22H,3-4,7-11H2. The molecule has 5 atom stereocenters. The van der Waals surface area contributed by atoms with Gasteiger partial charge in [-0.3, -0.25) is 9.59 Å². The number of fused-ring (bicyclic) bond motifs is 3. The molecule has 0 aromatic heterocycles. The first-order valence-corrected chi connectivity index (χ1v) is 9.37. The first-order chi connectivity index (χ1) is 12.1. The zero-order valence-electron chi connectivity index (χ0n) is 14.2. The Balaban J connectivity index is 1.38. The van der Waals surface area contributed by atoms with Crippen LogP contribution in [0.5, 0.6) is 5.75 Å². The third-order valence-electron chi connectivity index (χ3n) is 6.63. The second-order valence-corrected chi connectivity index (χ2v) is 8.10. The number of ketones is 1. The van der Waals surface area contributed by atoms with Crippen LogP contribution in [0, 0.1) is 17.8 Å².